The van der Waals surface area contributed by atoms with Crippen LogP contribution in [0.4, 0.5) is 0 Å². The van der Waals surface area contributed by atoms with Crippen molar-refractivity contribution in [3.63, 3.8) is 0 Å². The predicted octanol–water partition coefficient (Wildman–Crippen LogP) is 0.410. The van der Waals surface area contributed by atoms with E-state index in [-0.39, 0.29) is 0 Å². The van der Waals surface area contributed by atoms with Crippen LogP contribution >= 0.6 is 0 Å². The number of nitrogens with one attached hydrogen (secondary N) is 2. The Hall–Kier alpha value is -0.770. The maximum atomic E-state index is 4.34. The van der Waals surface area contributed by atoms with Gasteiger partial charge in [0.15, 0.2) is 5.96 Å². The summed E-state index contributed by atoms with van der Waals surface area (Å²) < 4.78 is 0. The molecule has 4 nitrogen and oxygen atoms in total. The van der Waals surface area contributed by atoms with Crippen LogP contribution in [0.5, 0.6) is 0 Å². The fourth-order valence-electron chi connectivity index (χ4n) is 2.30. The molecule has 0 aliphatic carbocycles. The molecule has 86 valence electrons. The zero-order valence-corrected chi connectivity index (χ0v) is 9.63. The van der Waals surface area contributed by atoms with Gasteiger partial charge >= 0.3 is 0 Å². The largest absolute Gasteiger partial charge is 0.355 e. The first-order valence-electron chi connectivity index (χ1n) is 6.12. The second kappa shape index (κ2) is 5.35. The van der Waals surface area contributed by atoms with Crippen LogP contribution in [-0.2, 0) is 0 Å². The van der Waals surface area contributed by atoms with Crippen molar-refractivity contribution in [1.82, 2.24) is 15.5 Å². The van der Waals surface area contributed by atoms with Crippen LogP contribution in [0.3, 0.4) is 0 Å². The predicted molar refractivity (Wildman–Crippen MR) is 63.2 cm³/mol. The van der Waals surface area contributed by atoms with Crippen LogP contribution in [0.15, 0.2) is 4.99 Å². The number of hydrogen-bond donors (Lipinski definition) is 2. The molecular formula is C11H22N4. The fourth-order valence-corrected chi connectivity index (χ4v) is 2.30. The van der Waals surface area contributed by atoms with Gasteiger partial charge in [-0.2, -0.15) is 0 Å². The third-order valence-corrected chi connectivity index (χ3v) is 3.04. The quantitative estimate of drug-likeness (QED) is 0.709. The summed E-state index contributed by atoms with van der Waals surface area (Å²) in [6, 6.07) is 0.493. The first-order valence-corrected chi connectivity index (χ1v) is 6.12. The molecule has 2 rings (SSSR count). The lowest BCUT2D eigenvalue weighted by Gasteiger charge is -2.29. The Kier molecular flexibility index (Phi) is 3.83. The van der Waals surface area contributed by atoms with Gasteiger partial charge < -0.3 is 15.5 Å². The Morgan fingerprint density at radius 1 is 1.40 bits per heavy atom. The highest BCUT2D eigenvalue weighted by molar-refractivity contribution is 5.81. The van der Waals surface area contributed by atoms with Crippen LogP contribution in [0, 0.1) is 0 Å². The second-order valence-corrected chi connectivity index (χ2v) is 4.56. The average Bonchev–Trinajstić information content (AvgIpc) is 2.71. The summed E-state index contributed by atoms with van der Waals surface area (Å²) in [6.07, 6.45) is 4.14. The van der Waals surface area contributed by atoms with Gasteiger partial charge in [0.2, 0.25) is 0 Å². The van der Waals surface area contributed by atoms with Crippen LogP contribution in [0.1, 0.15) is 26.2 Å². The van der Waals surface area contributed by atoms with Crippen LogP contribution in [0.25, 0.3) is 0 Å². The minimum Gasteiger partial charge on any atom is -0.355 e. The highest BCUT2D eigenvalue weighted by Crippen LogP contribution is 2.08. The van der Waals surface area contributed by atoms with Crippen molar-refractivity contribution >= 4 is 5.96 Å². The molecule has 4 heteroatoms. The van der Waals surface area contributed by atoms with Gasteiger partial charge in [-0.15, -0.1) is 0 Å². The Labute approximate surface area is 92.1 Å². The summed E-state index contributed by atoms with van der Waals surface area (Å²) in [6.45, 7) is 7.81. The summed E-state index contributed by atoms with van der Waals surface area (Å²) >= 11 is 0. The number of guanidine groups is 1. The Bertz CT molecular complexity index is 221. The molecule has 1 unspecified atom stereocenters. The van der Waals surface area contributed by atoms with Crippen molar-refractivity contribution in [1.29, 1.82) is 0 Å². The molecule has 2 N–H and O–H groups in total. The number of aliphatic imine (C=N–C) groups is 1. The van der Waals surface area contributed by atoms with E-state index in [1.165, 1.54) is 32.4 Å². The molecule has 0 spiro atoms. The minimum absolute atomic E-state index is 0.493. The lowest BCUT2D eigenvalue weighted by molar-refractivity contribution is 0.215. The number of piperidine rings is 1. The van der Waals surface area contributed by atoms with Crippen molar-refractivity contribution in [3.05, 3.63) is 0 Å². The molecule has 0 aromatic carbocycles. The van der Waals surface area contributed by atoms with Crippen molar-refractivity contribution < 1.29 is 0 Å². The van der Waals surface area contributed by atoms with Crippen LogP contribution < -0.4 is 10.6 Å². The molecule has 15 heavy (non-hydrogen) atoms. The number of rotatable bonds is 3. The molecule has 2 aliphatic heterocycles. The molecule has 1 saturated heterocycles. The topological polar surface area (TPSA) is 39.7 Å². The summed E-state index contributed by atoms with van der Waals surface area (Å²) in [7, 11) is 0. The third-order valence-electron chi connectivity index (χ3n) is 3.04. The van der Waals surface area contributed by atoms with Crippen LogP contribution in [0.2, 0.25) is 0 Å². The minimum atomic E-state index is 0.493. The lowest BCUT2D eigenvalue weighted by atomic mass is 10.1. The van der Waals surface area contributed by atoms with E-state index in [1.807, 2.05) is 0 Å². The summed E-state index contributed by atoms with van der Waals surface area (Å²) in [4.78, 5) is 6.90. The number of likely N-dealkylation sites (tertiary alicyclic amines) is 1. The smallest absolute Gasteiger partial charge is 0.191 e. The monoisotopic (exact) mass is 210 g/mol. The van der Waals surface area contributed by atoms with Gasteiger partial charge in [-0.1, -0.05) is 6.42 Å². The van der Waals surface area contributed by atoms with Gasteiger partial charge in [0.25, 0.3) is 0 Å². The molecule has 2 aliphatic rings. The van der Waals surface area contributed by atoms with E-state index in [2.05, 4.69) is 27.4 Å². The summed E-state index contributed by atoms with van der Waals surface area (Å²) in [5.74, 6) is 0.986. The number of nitrogens with zero attached hydrogens (tertiary/aromatic N) is 2. The highest BCUT2D eigenvalue weighted by atomic mass is 15.2. The van der Waals surface area contributed by atoms with E-state index in [9.17, 15) is 0 Å². The molecule has 1 fully saturated rings. The molecule has 2 heterocycles. The maximum absolute atomic E-state index is 4.34. The highest BCUT2D eigenvalue weighted by Gasteiger charge is 2.14. The van der Waals surface area contributed by atoms with Gasteiger partial charge in [-0.3, -0.25) is 4.99 Å². The van der Waals surface area contributed by atoms with E-state index >= 15 is 0 Å². The van der Waals surface area contributed by atoms with E-state index in [0.29, 0.717) is 6.04 Å². The first-order chi connectivity index (χ1) is 7.34. The molecule has 0 amide bonds. The van der Waals surface area contributed by atoms with Gasteiger partial charge in [-0.25, -0.2) is 0 Å². The molecule has 0 aromatic rings. The Morgan fingerprint density at radius 3 is 2.87 bits per heavy atom. The second-order valence-electron chi connectivity index (χ2n) is 4.56. The molecular weight excluding hydrogens is 188 g/mol. The zero-order chi connectivity index (χ0) is 10.5. The van der Waals surface area contributed by atoms with E-state index < -0.39 is 0 Å². The summed E-state index contributed by atoms with van der Waals surface area (Å²) in [5, 5.41) is 6.67. The van der Waals surface area contributed by atoms with Gasteiger partial charge in [0, 0.05) is 19.1 Å². The standard InChI is InChI=1S/C11H22N4/c1-10(14-11-12-5-6-13-11)9-15-7-3-2-4-8-15/h10H,2-9H2,1H3,(H2,12,13,14). The van der Waals surface area contributed by atoms with Crippen LogP contribution in [-0.4, -0.2) is 49.6 Å². The van der Waals surface area contributed by atoms with Crippen molar-refractivity contribution in [2.75, 3.05) is 32.7 Å². The Morgan fingerprint density at radius 2 is 2.20 bits per heavy atom. The van der Waals surface area contributed by atoms with E-state index in [4.69, 9.17) is 0 Å². The maximum Gasteiger partial charge on any atom is 0.191 e. The average molecular weight is 210 g/mol. The van der Waals surface area contributed by atoms with Crippen molar-refractivity contribution in [3.8, 4) is 0 Å². The van der Waals surface area contributed by atoms with Gasteiger partial charge in [0.1, 0.15) is 0 Å². The summed E-state index contributed by atoms with van der Waals surface area (Å²) in [5.41, 5.74) is 0. The van der Waals surface area contributed by atoms with Crippen molar-refractivity contribution in [2.24, 2.45) is 4.99 Å². The molecule has 0 aromatic heterocycles. The normalized spacial score (nSPS) is 24.5. The van der Waals surface area contributed by atoms with E-state index in [0.717, 1.165) is 25.6 Å². The van der Waals surface area contributed by atoms with Gasteiger partial charge in [0.05, 0.1) is 6.54 Å². The Balaban J connectivity index is 1.68. The SMILES string of the molecule is CC(CN1CCCCC1)NC1=NCCN1. The molecule has 0 radical (unpaired) electrons. The molecule has 0 bridgehead atoms. The fraction of sp³-hybridized carbons (Fsp3) is 0.909. The van der Waals surface area contributed by atoms with Crippen molar-refractivity contribution in [2.45, 2.75) is 32.2 Å². The third kappa shape index (κ3) is 3.38. The van der Waals surface area contributed by atoms with Gasteiger partial charge in [-0.05, 0) is 32.9 Å². The zero-order valence-electron chi connectivity index (χ0n) is 9.63. The van der Waals surface area contributed by atoms with E-state index in [1.54, 1.807) is 0 Å². The molecule has 1 atom stereocenters. The number of hydrogen-bond acceptors (Lipinski definition) is 4. The lowest BCUT2D eigenvalue weighted by Crippen LogP contribution is -2.46. The molecule has 0 saturated carbocycles. The first kappa shape index (κ1) is 10.7.